The van der Waals surface area contributed by atoms with Gasteiger partial charge in [0.1, 0.15) is 6.33 Å². The Labute approximate surface area is 127 Å². The van der Waals surface area contributed by atoms with Crippen molar-refractivity contribution in [3.63, 3.8) is 0 Å². The van der Waals surface area contributed by atoms with E-state index in [2.05, 4.69) is 63.6 Å². The van der Waals surface area contributed by atoms with Gasteiger partial charge in [-0.2, -0.15) is 4.52 Å². The molecule has 0 aliphatic rings. The van der Waals surface area contributed by atoms with Crippen molar-refractivity contribution in [2.45, 2.75) is 6.54 Å². The summed E-state index contributed by atoms with van der Waals surface area (Å²) in [6, 6.07) is 18.5. The Balaban J connectivity index is 1.85. The molecular formula is C17H15N5. The topological polar surface area (TPSA) is 46.3 Å². The molecule has 0 fully saturated rings. The summed E-state index contributed by atoms with van der Waals surface area (Å²) in [6.45, 7) is 0.797. The van der Waals surface area contributed by atoms with Crippen LogP contribution in [0.15, 0.2) is 60.9 Å². The van der Waals surface area contributed by atoms with Crippen LogP contribution in [0.25, 0.3) is 16.4 Å². The molecule has 0 spiro atoms. The van der Waals surface area contributed by atoms with E-state index in [0.717, 1.165) is 28.8 Å². The van der Waals surface area contributed by atoms with Crippen molar-refractivity contribution in [3.8, 4) is 0 Å². The Kier molecular flexibility index (Phi) is 2.96. The van der Waals surface area contributed by atoms with Crippen molar-refractivity contribution < 1.29 is 0 Å². The van der Waals surface area contributed by atoms with E-state index in [0.29, 0.717) is 0 Å². The third kappa shape index (κ3) is 2.07. The molecule has 0 bridgehead atoms. The fraction of sp³-hybridized carbons (Fsp3) is 0.118. The van der Waals surface area contributed by atoms with Crippen molar-refractivity contribution >= 4 is 22.2 Å². The average molecular weight is 289 g/mol. The Bertz CT molecular complexity index is 930. The second kappa shape index (κ2) is 5.11. The first-order valence-electron chi connectivity index (χ1n) is 7.17. The molecule has 0 saturated heterocycles. The molecule has 2 heterocycles. The van der Waals surface area contributed by atoms with Crippen LogP contribution in [0.1, 0.15) is 5.56 Å². The smallest absolute Gasteiger partial charge is 0.185 e. The second-order valence-electron chi connectivity index (χ2n) is 5.31. The molecule has 0 amide bonds. The minimum absolute atomic E-state index is 0.785. The molecule has 0 atom stereocenters. The first-order valence-corrected chi connectivity index (χ1v) is 7.17. The first-order chi connectivity index (χ1) is 10.8. The van der Waals surface area contributed by atoms with Crippen LogP contribution in [0.4, 0.5) is 5.82 Å². The van der Waals surface area contributed by atoms with Crippen LogP contribution >= 0.6 is 0 Å². The molecule has 0 aliphatic carbocycles. The predicted octanol–water partition coefficient (Wildman–Crippen LogP) is 2.91. The lowest BCUT2D eigenvalue weighted by Crippen LogP contribution is -2.19. The van der Waals surface area contributed by atoms with E-state index in [9.17, 15) is 0 Å². The van der Waals surface area contributed by atoms with E-state index >= 15 is 0 Å². The lowest BCUT2D eigenvalue weighted by atomic mass is 10.1. The molecule has 0 N–H and O–H groups in total. The standard InChI is InChI=1S/C17H15N5/c1-21(11-13-7-3-2-4-8-13)17-15-10-6-5-9-14(15)16-19-18-12-22(16)20-17/h2-10,12H,11H2,1H3. The van der Waals surface area contributed by atoms with Crippen LogP contribution in [-0.4, -0.2) is 26.9 Å². The summed E-state index contributed by atoms with van der Waals surface area (Å²) in [5.41, 5.74) is 2.03. The number of nitrogens with zero attached hydrogens (tertiary/aromatic N) is 5. The molecule has 0 unspecified atom stereocenters. The fourth-order valence-electron chi connectivity index (χ4n) is 2.72. The average Bonchev–Trinajstić information content (AvgIpc) is 3.04. The Hall–Kier alpha value is -2.95. The van der Waals surface area contributed by atoms with Gasteiger partial charge in [-0.05, 0) is 5.56 Å². The monoisotopic (exact) mass is 289 g/mol. The van der Waals surface area contributed by atoms with Crippen molar-refractivity contribution in [1.82, 2.24) is 19.8 Å². The van der Waals surface area contributed by atoms with Crippen LogP contribution in [0.3, 0.4) is 0 Å². The summed E-state index contributed by atoms with van der Waals surface area (Å²) in [5.74, 6) is 0.923. The minimum Gasteiger partial charge on any atom is -0.353 e. The van der Waals surface area contributed by atoms with Crippen molar-refractivity contribution in [1.29, 1.82) is 0 Å². The Morgan fingerprint density at radius 1 is 0.955 bits per heavy atom. The number of fused-ring (bicyclic) bond motifs is 3. The zero-order chi connectivity index (χ0) is 14.9. The molecule has 2 aromatic carbocycles. The van der Waals surface area contributed by atoms with Gasteiger partial charge in [0.15, 0.2) is 11.5 Å². The largest absolute Gasteiger partial charge is 0.353 e. The van der Waals surface area contributed by atoms with E-state index in [1.165, 1.54) is 5.56 Å². The second-order valence-corrected chi connectivity index (χ2v) is 5.31. The summed E-state index contributed by atoms with van der Waals surface area (Å²) >= 11 is 0. The molecule has 0 saturated carbocycles. The van der Waals surface area contributed by atoms with Gasteiger partial charge in [-0.25, -0.2) is 0 Å². The van der Waals surface area contributed by atoms with Gasteiger partial charge in [0, 0.05) is 24.4 Å². The van der Waals surface area contributed by atoms with E-state index < -0.39 is 0 Å². The third-order valence-corrected chi connectivity index (χ3v) is 3.77. The summed E-state index contributed by atoms with van der Waals surface area (Å²) in [6.07, 6.45) is 1.64. The van der Waals surface area contributed by atoms with Gasteiger partial charge in [0.2, 0.25) is 0 Å². The maximum absolute atomic E-state index is 4.68. The van der Waals surface area contributed by atoms with Gasteiger partial charge in [-0.3, -0.25) is 0 Å². The molecule has 5 heteroatoms. The van der Waals surface area contributed by atoms with Gasteiger partial charge < -0.3 is 4.90 Å². The first kappa shape index (κ1) is 12.8. The highest BCUT2D eigenvalue weighted by molar-refractivity contribution is 5.99. The number of rotatable bonds is 3. The quantitative estimate of drug-likeness (QED) is 0.582. The molecule has 108 valence electrons. The predicted molar refractivity (Wildman–Crippen MR) is 86.8 cm³/mol. The van der Waals surface area contributed by atoms with Crippen LogP contribution in [0.5, 0.6) is 0 Å². The van der Waals surface area contributed by atoms with Crippen LogP contribution in [-0.2, 0) is 6.54 Å². The van der Waals surface area contributed by atoms with E-state index in [4.69, 9.17) is 0 Å². The van der Waals surface area contributed by atoms with Crippen LogP contribution in [0.2, 0.25) is 0 Å². The number of hydrogen-bond acceptors (Lipinski definition) is 4. The number of anilines is 1. The van der Waals surface area contributed by atoms with Crippen LogP contribution < -0.4 is 4.90 Å². The maximum atomic E-state index is 4.68. The van der Waals surface area contributed by atoms with Crippen LogP contribution in [0, 0.1) is 0 Å². The molecule has 4 aromatic rings. The maximum Gasteiger partial charge on any atom is 0.185 e. The molecule has 22 heavy (non-hydrogen) atoms. The summed E-state index contributed by atoms with van der Waals surface area (Å²) in [4.78, 5) is 2.15. The summed E-state index contributed by atoms with van der Waals surface area (Å²) < 4.78 is 1.74. The van der Waals surface area contributed by atoms with Gasteiger partial charge in [0.25, 0.3) is 0 Å². The van der Waals surface area contributed by atoms with Gasteiger partial charge in [0.05, 0.1) is 0 Å². The number of aromatic nitrogens is 4. The SMILES string of the molecule is CN(Cc1ccccc1)c1nn2cnnc2c2ccccc12. The van der Waals surface area contributed by atoms with E-state index in [1.54, 1.807) is 10.8 Å². The summed E-state index contributed by atoms with van der Waals surface area (Å²) in [5, 5.41) is 15.0. The molecule has 5 nitrogen and oxygen atoms in total. The zero-order valence-electron chi connectivity index (χ0n) is 12.2. The summed E-state index contributed by atoms with van der Waals surface area (Å²) in [7, 11) is 2.05. The van der Waals surface area contributed by atoms with Crippen molar-refractivity contribution in [3.05, 3.63) is 66.5 Å². The Morgan fingerprint density at radius 2 is 1.68 bits per heavy atom. The molecule has 4 rings (SSSR count). The normalized spacial score (nSPS) is 11.1. The van der Waals surface area contributed by atoms with Crippen molar-refractivity contribution in [2.24, 2.45) is 0 Å². The van der Waals surface area contributed by atoms with Crippen molar-refractivity contribution in [2.75, 3.05) is 11.9 Å². The fourth-order valence-corrected chi connectivity index (χ4v) is 2.72. The van der Waals surface area contributed by atoms with E-state index in [1.807, 2.05) is 18.2 Å². The molecule has 0 radical (unpaired) electrons. The van der Waals surface area contributed by atoms with E-state index in [-0.39, 0.29) is 0 Å². The number of hydrogen-bond donors (Lipinski definition) is 0. The van der Waals surface area contributed by atoms with Gasteiger partial charge in [-0.1, -0.05) is 54.6 Å². The van der Waals surface area contributed by atoms with Gasteiger partial charge in [-0.15, -0.1) is 15.3 Å². The molecular weight excluding hydrogens is 274 g/mol. The lowest BCUT2D eigenvalue weighted by Gasteiger charge is -2.20. The molecule has 0 aliphatic heterocycles. The number of benzene rings is 2. The lowest BCUT2D eigenvalue weighted by molar-refractivity contribution is 0.848. The minimum atomic E-state index is 0.785. The zero-order valence-corrected chi connectivity index (χ0v) is 12.2. The molecule has 2 aromatic heterocycles. The van der Waals surface area contributed by atoms with Gasteiger partial charge >= 0.3 is 0 Å². The highest BCUT2D eigenvalue weighted by Gasteiger charge is 2.13. The Morgan fingerprint density at radius 3 is 2.50 bits per heavy atom. The highest BCUT2D eigenvalue weighted by atomic mass is 15.4. The third-order valence-electron chi connectivity index (χ3n) is 3.77. The highest BCUT2D eigenvalue weighted by Crippen LogP contribution is 2.26.